The Morgan fingerprint density at radius 3 is 2.58 bits per heavy atom. The maximum absolute atomic E-state index is 15.5. The highest BCUT2D eigenvalue weighted by Gasteiger charge is 2.73. The second kappa shape index (κ2) is 7.41. The molecule has 1 aliphatic heterocycles. The molecule has 1 unspecified atom stereocenters. The summed E-state index contributed by atoms with van der Waals surface area (Å²) in [6.07, 6.45) is 4.86. The number of aromatic nitrogens is 1. The van der Waals surface area contributed by atoms with Crippen LogP contribution in [0.3, 0.4) is 0 Å². The SMILES string of the molecule is CC1(C)CCC2(CC1)C[C@@H](C(=O)O)[C@H](c1cccc(Cl)c1F)C21C(=O)Nc2cc(Cl)ncc21. The van der Waals surface area contributed by atoms with Crippen molar-refractivity contribution in [3.05, 3.63) is 57.6 Å². The minimum absolute atomic E-state index is 0.0840. The number of hydrogen-bond acceptors (Lipinski definition) is 3. The molecule has 2 saturated carbocycles. The first kappa shape index (κ1) is 22.6. The van der Waals surface area contributed by atoms with Crippen LogP contribution in [0, 0.1) is 22.6 Å². The summed E-state index contributed by atoms with van der Waals surface area (Å²) in [5, 5.41) is 13.4. The maximum atomic E-state index is 15.5. The lowest BCUT2D eigenvalue weighted by molar-refractivity contribution is -0.142. The molecule has 8 heteroatoms. The number of carbonyl (C=O) groups excluding carboxylic acids is 1. The molecular formula is C25H25Cl2FN2O3. The standard InChI is InChI=1S/C25H25Cl2FN2O3/c1-23(2)6-8-24(9-7-23)11-14(21(31)32)19(13-4-3-5-16(26)20(13)28)25(24)15-12-29-18(27)10-17(15)30-22(25)33/h3-5,10,12,14,19H,6-9,11H2,1-2H3,(H,30,33)(H,31,32)/t14-,19+,25?/m1/s1. The van der Waals surface area contributed by atoms with Gasteiger partial charge < -0.3 is 10.4 Å². The van der Waals surface area contributed by atoms with Gasteiger partial charge in [-0.15, -0.1) is 0 Å². The number of pyridine rings is 1. The van der Waals surface area contributed by atoms with Crippen LogP contribution in [0.25, 0.3) is 0 Å². The second-order valence-electron chi connectivity index (χ2n) is 10.5. The first-order chi connectivity index (χ1) is 15.5. The Bertz CT molecular complexity index is 1170. The highest BCUT2D eigenvalue weighted by molar-refractivity contribution is 6.31. The van der Waals surface area contributed by atoms with Crippen LogP contribution < -0.4 is 5.32 Å². The van der Waals surface area contributed by atoms with Gasteiger partial charge >= 0.3 is 5.97 Å². The number of amides is 1. The Morgan fingerprint density at radius 1 is 1.21 bits per heavy atom. The Balaban J connectivity index is 1.83. The van der Waals surface area contributed by atoms with E-state index in [0.717, 1.165) is 12.8 Å². The molecule has 0 radical (unpaired) electrons. The highest BCUT2D eigenvalue weighted by Crippen LogP contribution is 2.72. The third-order valence-corrected chi connectivity index (χ3v) is 8.91. The van der Waals surface area contributed by atoms with Crippen molar-refractivity contribution in [2.24, 2.45) is 16.7 Å². The normalized spacial score (nSPS) is 29.3. The number of nitrogens with one attached hydrogen (secondary N) is 1. The molecule has 5 rings (SSSR count). The van der Waals surface area contributed by atoms with Crippen LogP contribution in [-0.4, -0.2) is 22.0 Å². The van der Waals surface area contributed by atoms with E-state index in [1.54, 1.807) is 24.4 Å². The lowest BCUT2D eigenvalue weighted by Crippen LogP contribution is -2.52. The lowest BCUT2D eigenvalue weighted by atomic mass is 9.51. The van der Waals surface area contributed by atoms with Gasteiger partial charge in [-0.1, -0.05) is 49.2 Å². The molecule has 1 aromatic heterocycles. The molecule has 0 saturated heterocycles. The first-order valence-electron chi connectivity index (χ1n) is 11.2. The fraction of sp³-hybridized carbons (Fsp3) is 0.480. The summed E-state index contributed by atoms with van der Waals surface area (Å²) >= 11 is 12.3. The minimum atomic E-state index is -1.29. The van der Waals surface area contributed by atoms with Gasteiger partial charge in [0, 0.05) is 23.4 Å². The molecule has 2 aliphatic carbocycles. The third-order valence-electron chi connectivity index (χ3n) is 8.41. The van der Waals surface area contributed by atoms with Crippen LogP contribution in [0.1, 0.15) is 63.0 Å². The number of fused-ring (bicyclic) bond motifs is 3. The third kappa shape index (κ3) is 3.06. The number of anilines is 1. The Morgan fingerprint density at radius 2 is 1.91 bits per heavy atom. The van der Waals surface area contributed by atoms with Crippen LogP contribution in [0.5, 0.6) is 0 Å². The zero-order chi connectivity index (χ0) is 23.8. The predicted molar refractivity (Wildman–Crippen MR) is 124 cm³/mol. The topological polar surface area (TPSA) is 79.3 Å². The number of carboxylic acid groups (broad SMARTS) is 1. The van der Waals surface area contributed by atoms with Gasteiger partial charge in [0.15, 0.2) is 0 Å². The number of carboxylic acids is 1. The largest absolute Gasteiger partial charge is 0.481 e. The van der Waals surface area contributed by atoms with Crippen LogP contribution in [0.15, 0.2) is 30.5 Å². The number of benzene rings is 1. The zero-order valence-electron chi connectivity index (χ0n) is 18.4. The van der Waals surface area contributed by atoms with E-state index in [2.05, 4.69) is 24.1 Å². The summed E-state index contributed by atoms with van der Waals surface area (Å²) in [5.41, 5.74) is -0.580. The number of aliphatic carboxylic acids is 1. The van der Waals surface area contributed by atoms with E-state index in [1.165, 1.54) is 6.07 Å². The van der Waals surface area contributed by atoms with Crippen LogP contribution >= 0.6 is 23.2 Å². The predicted octanol–water partition coefficient (Wildman–Crippen LogP) is 6.19. The fourth-order valence-electron chi connectivity index (χ4n) is 6.80. The Labute approximate surface area is 201 Å². The summed E-state index contributed by atoms with van der Waals surface area (Å²) in [5.74, 6) is -3.91. The molecule has 174 valence electrons. The molecule has 1 amide bonds. The Hall–Kier alpha value is -2.18. The summed E-state index contributed by atoms with van der Waals surface area (Å²) in [6.45, 7) is 4.38. The number of rotatable bonds is 2. The molecule has 2 heterocycles. The minimum Gasteiger partial charge on any atom is -0.481 e. The van der Waals surface area contributed by atoms with Crippen LogP contribution in [0.4, 0.5) is 10.1 Å². The molecule has 0 bridgehead atoms. The van der Waals surface area contributed by atoms with Gasteiger partial charge in [-0.05, 0) is 60.6 Å². The number of hydrogen-bond donors (Lipinski definition) is 2. The monoisotopic (exact) mass is 490 g/mol. The van der Waals surface area contributed by atoms with Crippen molar-refractivity contribution in [1.82, 2.24) is 4.98 Å². The zero-order valence-corrected chi connectivity index (χ0v) is 19.9. The van der Waals surface area contributed by atoms with Gasteiger partial charge in [-0.25, -0.2) is 9.37 Å². The summed E-state index contributed by atoms with van der Waals surface area (Å²) in [4.78, 5) is 30.9. The molecule has 2 aromatic rings. The van der Waals surface area contributed by atoms with Gasteiger partial charge in [0.05, 0.1) is 16.4 Å². The summed E-state index contributed by atoms with van der Waals surface area (Å²) in [6, 6.07) is 6.18. The quantitative estimate of drug-likeness (QED) is 0.491. The molecule has 2 N–H and O–H groups in total. The fourth-order valence-corrected chi connectivity index (χ4v) is 7.14. The summed E-state index contributed by atoms with van der Waals surface area (Å²) in [7, 11) is 0. The Kier molecular flexibility index (Phi) is 5.07. The molecule has 3 aliphatic rings. The van der Waals surface area contributed by atoms with Crippen molar-refractivity contribution in [2.75, 3.05) is 5.32 Å². The van der Waals surface area contributed by atoms with Crippen molar-refractivity contribution in [3.63, 3.8) is 0 Å². The van der Waals surface area contributed by atoms with Gasteiger partial charge in [0.2, 0.25) is 5.91 Å². The molecule has 2 fully saturated rings. The van der Waals surface area contributed by atoms with Crippen molar-refractivity contribution in [3.8, 4) is 0 Å². The van der Waals surface area contributed by atoms with E-state index >= 15 is 4.39 Å². The maximum Gasteiger partial charge on any atom is 0.307 e. The van der Waals surface area contributed by atoms with Crippen molar-refractivity contribution >= 4 is 40.8 Å². The lowest BCUT2D eigenvalue weighted by Gasteiger charge is -2.50. The molecular weight excluding hydrogens is 466 g/mol. The number of nitrogens with zero attached hydrogens (tertiary/aromatic N) is 1. The number of carbonyl (C=O) groups is 2. The van der Waals surface area contributed by atoms with Crippen molar-refractivity contribution < 1.29 is 19.1 Å². The molecule has 5 nitrogen and oxygen atoms in total. The van der Waals surface area contributed by atoms with E-state index < -0.39 is 34.5 Å². The van der Waals surface area contributed by atoms with E-state index in [9.17, 15) is 14.7 Å². The average Bonchev–Trinajstić information content (AvgIpc) is 3.20. The molecule has 33 heavy (non-hydrogen) atoms. The molecule has 2 spiro atoms. The van der Waals surface area contributed by atoms with Gasteiger partial charge in [-0.3, -0.25) is 9.59 Å². The van der Waals surface area contributed by atoms with E-state index in [1.807, 2.05) is 0 Å². The van der Waals surface area contributed by atoms with E-state index in [4.69, 9.17) is 23.2 Å². The van der Waals surface area contributed by atoms with Crippen molar-refractivity contribution in [2.45, 2.75) is 57.3 Å². The van der Waals surface area contributed by atoms with Crippen LogP contribution in [-0.2, 0) is 15.0 Å². The number of halogens is 3. The van der Waals surface area contributed by atoms with E-state index in [0.29, 0.717) is 24.1 Å². The first-order valence-corrected chi connectivity index (χ1v) is 11.9. The van der Waals surface area contributed by atoms with Crippen LogP contribution in [0.2, 0.25) is 10.2 Å². The molecule has 1 aromatic carbocycles. The smallest absolute Gasteiger partial charge is 0.307 e. The van der Waals surface area contributed by atoms with Gasteiger partial charge in [0.25, 0.3) is 0 Å². The summed E-state index contributed by atoms with van der Waals surface area (Å²) < 4.78 is 15.5. The van der Waals surface area contributed by atoms with Crippen molar-refractivity contribution in [1.29, 1.82) is 0 Å². The second-order valence-corrected chi connectivity index (χ2v) is 11.3. The molecule has 3 atom stereocenters. The van der Waals surface area contributed by atoms with Gasteiger partial charge in [-0.2, -0.15) is 0 Å². The van der Waals surface area contributed by atoms with E-state index in [-0.39, 0.29) is 33.5 Å². The highest BCUT2D eigenvalue weighted by atomic mass is 35.5. The average molecular weight is 491 g/mol. The van der Waals surface area contributed by atoms with Gasteiger partial charge in [0.1, 0.15) is 11.0 Å².